The highest BCUT2D eigenvalue weighted by atomic mass is 19.4. The van der Waals surface area contributed by atoms with E-state index in [9.17, 15) is 13.2 Å². The average molecular weight is 207 g/mol. The minimum absolute atomic E-state index is 0.0163. The summed E-state index contributed by atoms with van der Waals surface area (Å²) in [5.41, 5.74) is 1.09. The summed E-state index contributed by atoms with van der Waals surface area (Å²) in [6, 6.07) is 0. The number of ether oxygens (including phenoxy) is 1. The predicted molar refractivity (Wildman–Crippen MR) is 46.5 cm³/mol. The Kier molecular flexibility index (Phi) is 3.57. The zero-order valence-electron chi connectivity index (χ0n) is 7.82. The molecule has 1 aliphatic rings. The SMILES string of the molecule is CNCC1=CC=C(OC(F)(F)F)CC1. The molecule has 0 aromatic carbocycles. The van der Waals surface area contributed by atoms with Gasteiger partial charge < -0.3 is 10.1 Å². The van der Waals surface area contributed by atoms with Crippen LogP contribution in [0, 0.1) is 0 Å². The second-order valence-corrected chi connectivity index (χ2v) is 3.04. The van der Waals surface area contributed by atoms with Crippen molar-refractivity contribution in [1.29, 1.82) is 0 Å². The molecule has 1 rings (SSSR count). The van der Waals surface area contributed by atoms with Gasteiger partial charge in [0, 0.05) is 13.0 Å². The van der Waals surface area contributed by atoms with Crippen LogP contribution in [0.4, 0.5) is 13.2 Å². The van der Waals surface area contributed by atoms with Crippen LogP contribution in [0.15, 0.2) is 23.5 Å². The third kappa shape index (κ3) is 3.83. The van der Waals surface area contributed by atoms with Crippen LogP contribution in [0.25, 0.3) is 0 Å². The van der Waals surface area contributed by atoms with Crippen LogP contribution in [-0.2, 0) is 4.74 Å². The number of likely N-dealkylation sites (N-methyl/N-ethyl adjacent to an activating group) is 1. The maximum Gasteiger partial charge on any atom is 0.572 e. The first-order chi connectivity index (χ1) is 6.51. The summed E-state index contributed by atoms with van der Waals surface area (Å²) in [5, 5.41) is 2.94. The second kappa shape index (κ2) is 4.50. The Balaban J connectivity index is 2.51. The summed E-state index contributed by atoms with van der Waals surface area (Å²) in [6.07, 6.45) is -0.597. The van der Waals surface area contributed by atoms with E-state index >= 15 is 0 Å². The lowest BCUT2D eigenvalue weighted by Crippen LogP contribution is -2.16. The molecule has 0 aromatic rings. The monoisotopic (exact) mass is 207 g/mol. The summed E-state index contributed by atoms with van der Waals surface area (Å²) < 4.78 is 39.2. The summed E-state index contributed by atoms with van der Waals surface area (Å²) in [4.78, 5) is 0. The quantitative estimate of drug-likeness (QED) is 0.767. The second-order valence-electron chi connectivity index (χ2n) is 3.04. The summed E-state index contributed by atoms with van der Waals surface area (Å²) in [5.74, 6) is -0.0163. The van der Waals surface area contributed by atoms with Crippen molar-refractivity contribution in [2.45, 2.75) is 19.2 Å². The maximum absolute atomic E-state index is 11.8. The lowest BCUT2D eigenvalue weighted by Gasteiger charge is -2.16. The molecule has 0 atom stereocenters. The van der Waals surface area contributed by atoms with Gasteiger partial charge in [-0.1, -0.05) is 11.6 Å². The first kappa shape index (κ1) is 11.1. The highest BCUT2D eigenvalue weighted by Gasteiger charge is 2.32. The third-order valence-corrected chi connectivity index (χ3v) is 1.85. The van der Waals surface area contributed by atoms with Gasteiger partial charge >= 0.3 is 6.36 Å². The van der Waals surface area contributed by atoms with Gasteiger partial charge in [0.25, 0.3) is 0 Å². The Bertz CT molecular complexity index is 255. The van der Waals surface area contributed by atoms with E-state index in [4.69, 9.17) is 0 Å². The fourth-order valence-electron chi connectivity index (χ4n) is 1.27. The van der Waals surface area contributed by atoms with Crippen molar-refractivity contribution < 1.29 is 17.9 Å². The normalized spacial score (nSPS) is 17.4. The van der Waals surface area contributed by atoms with Crippen LogP contribution < -0.4 is 5.32 Å². The van der Waals surface area contributed by atoms with Crippen LogP contribution in [0.2, 0.25) is 0 Å². The van der Waals surface area contributed by atoms with Crippen molar-refractivity contribution in [3.05, 3.63) is 23.5 Å². The van der Waals surface area contributed by atoms with Gasteiger partial charge in [-0.05, 0) is 19.5 Å². The van der Waals surface area contributed by atoms with Crippen LogP contribution in [0.5, 0.6) is 0 Å². The molecule has 0 unspecified atom stereocenters. The summed E-state index contributed by atoms with van der Waals surface area (Å²) >= 11 is 0. The molecule has 0 fully saturated rings. The maximum atomic E-state index is 11.8. The van der Waals surface area contributed by atoms with Gasteiger partial charge in [-0.3, -0.25) is 0 Å². The van der Waals surface area contributed by atoms with Gasteiger partial charge in [0.2, 0.25) is 0 Å². The van der Waals surface area contributed by atoms with E-state index in [1.165, 1.54) is 6.08 Å². The molecule has 0 aromatic heterocycles. The third-order valence-electron chi connectivity index (χ3n) is 1.85. The first-order valence-corrected chi connectivity index (χ1v) is 4.30. The van der Waals surface area contributed by atoms with Crippen LogP contribution in [0.3, 0.4) is 0 Å². The molecule has 80 valence electrons. The smallest absolute Gasteiger partial charge is 0.410 e. The van der Waals surface area contributed by atoms with Gasteiger partial charge in [0.1, 0.15) is 5.76 Å². The number of hydrogen-bond acceptors (Lipinski definition) is 2. The molecular formula is C9H12F3NO. The van der Waals surface area contributed by atoms with E-state index in [0.29, 0.717) is 19.4 Å². The van der Waals surface area contributed by atoms with Crippen LogP contribution >= 0.6 is 0 Å². The van der Waals surface area contributed by atoms with Crippen molar-refractivity contribution in [2.75, 3.05) is 13.6 Å². The highest BCUT2D eigenvalue weighted by Crippen LogP contribution is 2.26. The average Bonchev–Trinajstić information content (AvgIpc) is 2.06. The molecule has 1 N–H and O–H groups in total. The van der Waals surface area contributed by atoms with Gasteiger partial charge in [0.15, 0.2) is 0 Å². The van der Waals surface area contributed by atoms with Crippen molar-refractivity contribution >= 4 is 0 Å². The Hall–Kier alpha value is -0.970. The summed E-state index contributed by atoms with van der Waals surface area (Å²) in [6.45, 7) is 0.704. The lowest BCUT2D eigenvalue weighted by atomic mass is 10.0. The Morgan fingerprint density at radius 2 is 2.07 bits per heavy atom. The molecule has 0 radical (unpaired) electrons. The van der Waals surface area contributed by atoms with Gasteiger partial charge in [-0.25, -0.2) is 0 Å². The standard InChI is InChI=1S/C9H12F3NO/c1-13-6-7-2-4-8(5-3-7)14-9(10,11)12/h2,4,13H,3,5-6H2,1H3. The molecule has 5 heteroatoms. The molecule has 0 amide bonds. The van der Waals surface area contributed by atoms with E-state index in [1.807, 2.05) is 0 Å². The molecule has 0 saturated carbocycles. The number of hydrogen-bond donors (Lipinski definition) is 1. The molecule has 0 bridgehead atoms. The Labute approximate surface area is 80.4 Å². The fourth-order valence-corrected chi connectivity index (χ4v) is 1.27. The first-order valence-electron chi connectivity index (χ1n) is 4.30. The number of halogens is 3. The molecule has 14 heavy (non-hydrogen) atoms. The fraction of sp³-hybridized carbons (Fsp3) is 0.556. The highest BCUT2D eigenvalue weighted by molar-refractivity contribution is 5.21. The van der Waals surface area contributed by atoms with Crippen molar-refractivity contribution in [2.24, 2.45) is 0 Å². The molecule has 0 aliphatic heterocycles. The summed E-state index contributed by atoms with van der Waals surface area (Å²) in [7, 11) is 1.80. The zero-order valence-corrected chi connectivity index (χ0v) is 7.82. The van der Waals surface area contributed by atoms with E-state index < -0.39 is 6.36 Å². The minimum Gasteiger partial charge on any atom is -0.410 e. The zero-order chi connectivity index (χ0) is 10.6. The molecular weight excluding hydrogens is 195 g/mol. The molecule has 2 nitrogen and oxygen atoms in total. The van der Waals surface area contributed by atoms with Crippen molar-refractivity contribution in [3.8, 4) is 0 Å². The molecule has 1 aliphatic carbocycles. The van der Waals surface area contributed by atoms with Crippen molar-refractivity contribution in [1.82, 2.24) is 5.32 Å². The minimum atomic E-state index is -4.57. The predicted octanol–water partition coefficient (Wildman–Crippen LogP) is 2.35. The molecule has 0 saturated heterocycles. The lowest BCUT2D eigenvalue weighted by molar-refractivity contribution is -0.306. The number of nitrogens with one attached hydrogen (secondary N) is 1. The van der Waals surface area contributed by atoms with Gasteiger partial charge in [-0.15, -0.1) is 13.2 Å². The van der Waals surface area contributed by atoms with E-state index in [2.05, 4.69) is 10.1 Å². The number of rotatable bonds is 3. The van der Waals surface area contributed by atoms with Crippen molar-refractivity contribution in [3.63, 3.8) is 0 Å². The van der Waals surface area contributed by atoms with Crippen LogP contribution in [-0.4, -0.2) is 20.0 Å². The topological polar surface area (TPSA) is 21.3 Å². The largest absolute Gasteiger partial charge is 0.572 e. The number of alkyl halides is 3. The number of allylic oxidation sites excluding steroid dienone is 3. The van der Waals surface area contributed by atoms with E-state index in [1.54, 1.807) is 13.1 Å². The Morgan fingerprint density at radius 1 is 1.36 bits per heavy atom. The van der Waals surface area contributed by atoms with Gasteiger partial charge in [-0.2, -0.15) is 0 Å². The Morgan fingerprint density at radius 3 is 2.50 bits per heavy atom. The molecule has 0 spiro atoms. The van der Waals surface area contributed by atoms with Crippen LogP contribution in [0.1, 0.15) is 12.8 Å². The molecule has 0 heterocycles. The van der Waals surface area contributed by atoms with E-state index in [-0.39, 0.29) is 5.76 Å². The van der Waals surface area contributed by atoms with Gasteiger partial charge in [0.05, 0.1) is 0 Å². The van der Waals surface area contributed by atoms with E-state index in [0.717, 1.165) is 5.57 Å².